The van der Waals surface area contributed by atoms with Crippen molar-refractivity contribution in [1.82, 2.24) is 9.78 Å². The van der Waals surface area contributed by atoms with E-state index in [1.54, 1.807) is 10.9 Å². The summed E-state index contributed by atoms with van der Waals surface area (Å²) in [5, 5.41) is 13.2. The van der Waals surface area contributed by atoms with Gasteiger partial charge >= 0.3 is 0 Å². The Bertz CT molecular complexity index is 425. The van der Waals surface area contributed by atoms with Crippen LogP contribution < -0.4 is 5.73 Å². The number of aliphatic hydroxyl groups excluding tert-OH is 1. The highest BCUT2D eigenvalue weighted by Crippen LogP contribution is 2.18. The first-order valence-corrected chi connectivity index (χ1v) is 4.78. The van der Waals surface area contributed by atoms with E-state index >= 15 is 0 Å². The first kappa shape index (κ1) is 9.89. The summed E-state index contributed by atoms with van der Waals surface area (Å²) in [6.45, 7) is -0.0711. The number of nitrogens with two attached hydrogens (primary N) is 1. The summed E-state index contributed by atoms with van der Waals surface area (Å²) in [5.41, 5.74) is 7.61. The Labute approximate surface area is 88.0 Å². The lowest BCUT2D eigenvalue weighted by Gasteiger charge is -2.13. The lowest BCUT2D eigenvalue weighted by Crippen LogP contribution is -2.17. The van der Waals surface area contributed by atoms with Gasteiger partial charge in [0.2, 0.25) is 0 Å². The third-order valence-corrected chi connectivity index (χ3v) is 2.28. The van der Waals surface area contributed by atoms with Crippen LogP contribution in [0.5, 0.6) is 0 Å². The molecule has 0 fully saturated rings. The Hall–Kier alpha value is -1.65. The summed E-state index contributed by atoms with van der Waals surface area (Å²) in [7, 11) is 0. The average molecular weight is 203 g/mol. The van der Waals surface area contributed by atoms with E-state index in [1.807, 2.05) is 36.5 Å². The zero-order valence-corrected chi connectivity index (χ0v) is 8.24. The number of rotatable bonds is 3. The topological polar surface area (TPSA) is 64.1 Å². The summed E-state index contributed by atoms with van der Waals surface area (Å²) in [6, 6.07) is 9.13. The van der Waals surface area contributed by atoms with Crippen LogP contribution in [0.2, 0.25) is 0 Å². The van der Waals surface area contributed by atoms with Crippen molar-refractivity contribution in [1.29, 1.82) is 0 Å². The quantitative estimate of drug-likeness (QED) is 0.777. The number of aromatic nitrogens is 2. The fourth-order valence-corrected chi connectivity index (χ4v) is 1.52. The van der Waals surface area contributed by atoms with Crippen LogP contribution in [0.4, 0.5) is 0 Å². The van der Waals surface area contributed by atoms with Gasteiger partial charge in [0.1, 0.15) is 0 Å². The van der Waals surface area contributed by atoms with E-state index in [0.717, 1.165) is 11.3 Å². The van der Waals surface area contributed by atoms with E-state index in [1.165, 1.54) is 0 Å². The van der Waals surface area contributed by atoms with Crippen LogP contribution in [0.1, 0.15) is 11.6 Å². The van der Waals surface area contributed by atoms with Crippen LogP contribution in [-0.4, -0.2) is 21.5 Å². The molecular weight excluding hydrogens is 190 g/mol. The van der Waals surface area contributed by atoms with Crippen molar-refractivity contribution in [3.63, 3.8) is 0 Å². The minimum Gasteiger partial charge on any atom is -0.394 e. The van der Waals surface area contributed by atoms with Crippen molar-refractivity contribution in [2.24, 2.45) is 5.73 Å². The van der Waals surface area contributed by atoms with E-state index in [2.05, 4.69) is 5.10 Å². The van der Waals surface area contributed by atoms with Gasteiger partial charge in [-0.2, -0.15) is 5.10 Å². The predicted octanol–water partition coefficient (Wildman–Crippen LogP) is 0.864. The number of hydrogen-bond donors (Lipinski definition) is 2. The molecule has 1 aromatic heterocycles. The smallest absolute Gasteiger partial charge is 0.0694 e. The summed E-state index contributed by atoms with van der Waals surface area (Å²) in [5.74, 6) is 0. The fraction of sp³-hybridized carbons (Fsp3) is 0.182. The molecule has 4 heteroatoms. The molecule has 0 aliphatic carbocycles. The van der Waals surface area contributed by atoms with Crippen LogP contribution in [0.15, 0.2) is 42.7 Å². The maximum Gasteiger partial charge on any atom is 0.0694 e. The van der Waals surface area contributed by atoms with Gasteiger partial charge in [-0.05, 0) is 17.7 Å². The Morgan fingerprint density at radius 3 is 2.80 bits per heavy atom. The molecule has 1 heterocycles. The van der Waals surface area contributed by atoms with Gasteiger partial charge in [-0.1, -0.05) is 18.2 Å². The van der Waals surface area contributed by atoms with Crippen LogP contribution in [0.25, 0.3) is 5.69 Å². The second-order valence-electron chi connectivity index (χ2n) is 3.30. The molecule has 0 saturated carbocycles. The molecular formula is C11H13N3O. The first-order valence-electron chi connectivity index (χ1n) is 4.78. The van der Waals surface area contributed by atoms with E-state index in [9.17, 15) is 0 Å². The lowest BCUT2D eigenvalue weighted by atomic mass is 10.1. The van der Waals surface area contributed by atoms with Crippen LogP contribution >= 0.6 is 0 Å². The zero-order valence-electron chi connectivity index (χ0n) is 8.24. The molecule has 0 spiro atoms. The molecule has 15 heavy (non-hydrogen) atoms. The Balaban J connectivity index is 2.47. The van der Waals surface area contributed by atoms with Crippen LogP contribution in [0, 0.1) is 0 Å². The van der Waals surface area contributed by atoms with Crippen molar-refractivity contribution >= 4 is 0 Å². The number of aliphatic hydroxyl groups is 1. The van der Waals surface area contributed by atoms with E-state index in [0.29, 0.717) is 0 Å². The minimum absolute atomic E-state index is 0.0711. The highest BCUT2D eigenvalue weighted by Gasteiger charge is 2.10. The van der Waals surface area contributed by atoms with Crippen molar-refractivity contribution in [3.05, 3.63) is 48.3 Å². The fourth-order valence-electron chi connectivity index (χ4n) is 1.52. The van der Waals surface area contributed by atoms with Crippen molar-refractivity contribution in [2.45, 2.75) is 6.04 Å². The number of para-hydroxylation sites is 1. The van der Waals surface area contributed by atoms with Crippen molar-refractivity contribution in [2.75, 3.05) is 6.61 Å². The molecule has 0 unspecified atom stereocenters. The molecule has 1 atom stereocenters. The molecule has 1 aromatic carbocycles. The van der Waals surface area contributed by atoms with Crippen LogP contribution in [0.3, 0.4) is 0 Å². The molecule has 2 rings (SSSR count). The lowest BCUT2D eigenvalue weighted by molar-refractivity contribution is 0.268. The molecule has 0 radical (unpaired) electrons. The van der Waals surface area contributed by atoms with Gasteiger partial charge in [-0.15, -0.1) is 0 Å². The van der Waals surface area contributed by atoms with Crippen LogP contribution in [-0.2, 0) is 0 Å². The summed E-state index contributed by atoms with van der Waals surface area (Å²) >= 11 is 0. The monoisotopic (exact) mass is 203 g/mol. The second kappa shape index (κ2) is 4.25. The second-order valence-corrected chi connectivity index (χ2v) is 3.30. The standard InChI is InChI=1S/C11H13N3O/c12-10(8-15)9-4-1-2-5-11(9)14-7-3-6-13-14/h1-7,10,15H,8,12H2/t10-/m0/s1. The Kier molecular flexibility index (Phi) is 2.80. The van der Waals surface area contributed by atoms with Gasteiger partial charge in [0.05, 0.1) is 18.3 Å². The molecule has 0 saturated heterocycles. The molecule has 0 amide bonds. The van der Waals surface area contributed by atoms with Crippen molar-refractivity contribution < 1.29 is 5.11 Å². The van der Waals surface area contributed by atoms with Gasteiger partial charge in [0, 0.05) is 12.4 Å². The minimum atomic E-state index is -0.370. The molecule has 0 aliphatic heterocycles. The normalized spacial score (nSPS) is 12.7. The zero-order chi connectivity index (χ0) is 10.7. The van der Waals surface area contributed by atoms with E-state index < -0.39 is 0 Å². The molecule has 78 valence electrons. The van der Waals surface area contributed by atoms with Gasteiger partial charge in [0.15, 0.2) is 0 Å². The molecule has 0 bridgehead atoms. The predicted molar refractivity (Wildman–Crippen MR) is 57.6 cm³/mol. The maximum atomic E-state index is 9.06. The van der Waals surface area contributed by atoms with E-state index in [4.69, 9.17) is 10.8 Å². The number of nitrogens with zero attached hydrogens (tertiary/aromatic N) is 2. The van der Waals surface area contributed by atoms with E-state index in [-0.39, 0.29) is 12.6 Å². The summed E-state index contributed by atoms with van der Waals surface area (Å²) in [6.07, 6.45) is 3.56. The van der Waals surface area contributed by atoms with Gasteiger partial charge in [0.25, 0.3) is 0 Å². The van der Waals surface area contributed by atoms with Gasteiger partial charge in [-0.3, -0.25) is 0 Å². The average Bonchev–Trinajstić information content (AvgIpc) is 2.81. The van der Waals surface area contributed by atoms with Crippen molar-refractivity contribution in [3.8, 4) is 5.69 Å². The van der Waals surface area contributed by atoms with Gasteiger partial charge in [-0.25, -0.2) is 4.68 Å². The first-order chi connectivity index (χ1) is 7.33. The number of benzene rings is 1. The highest BCUT2D eigenvalue weighted by atomic mass is 16.3. The molecule has 4 nitrogen and oxygen atoms in total. The maximum absolute atomic E-state index is 9.06. The SMILES string of the molecule is N[C@@H](CO)c1ccccc1-n1cccn1. The third-order valence-electron chi connectivity index (χ3n) is 2.28. The summed E-state index contributed by atoms with van der Waals surface area (Å²) < 4.78 is 1.74. The Morgan fingerprint density at radius 2 is 2.13 bits per heavy atom. The highest BCUT2D eigenvalue weighted by molar-refractivity contribution is 5.42. The third kappa shape index (κ3) is 1.91. The largest absolute Gasteiger partial charge is 0.394 e. The number of hydrogen-bond acceptors (Lipinski definition) is 3. The molecule has 3 N–H and O–H groups in total. The van der Waals surface area contributed by atoms with Gasteiger partial charge < -0.3 is 10.8 Å². The molecule has 2 aromatic rings. The molecule has 0 aliphatic rings. The Morgan fingerprint density at radius 1 is 1.33 bits per heavy atom. The summed E-state index contributed by atoms with van der Waals surface area (Å²) in [4.78, 5) is 0.